The quantitative estimate of drug-likeness (QED) is 0.718. The number of amides is 1. The van der Waals surface area contributed by atoms with Crippen molar-refractivity contribution in [2.45, 2.75) is 6.54 Å². The lowest BCUT2D eigenvalue weighted by Gasteiger charge is -2.07. The van der Waals surface area contributed by atoms with Crippen molar-refractivity contribution in [1.82, 2.24) is 15.5 Å². The van der Waals surface area contributed by atoms with E-state index in [-0.39, 0.29) is 12.2 Å². The Balaban J connectivity index is 2.16. The van der Waals surface area contributed by atoms with E-state index in [0.29, 0.717) is 5.69 Å². The fourth-order valence-electron chi connectivity index (χ4n) is 1.42. The number of rotatable bonds is 3. The number of aromatic amines is 1. The van der Waals surface area contributed by atoms with Crippen LogP contribution in [0.1, 0.15) is 16.1 Å². The Hall–Kier alpha value is -2.44. The van der Waals surface area contributed by atoms with Gasteiger partial charge in [-0.25, -0.2) is 8.78 Å². The van der Waals surface area contributed by atoms with Gasteiger partial charge in [-0.1, -0.05) is 0 Å². The Morgan fingerprint density at radius 1 is 1.39 bits per heavy atom. The van der Waals surface area contributed by atoms with E-state index in [2.05, 4.69) is 15.5 Å². The normalized spacial score (nSPS) is 10.3. The molecular weight excluding hydrogens is 242 g/mol. The third-order valence-electron chi connectivity index (χ3n) is 2.35. The Morgan fingerprint density at radius 3 is 2.83 bits per heavy atom. The van der Waals surface area contributed by atoms with E-state index in [1.807, 2.05) is 0 Å². The minimum absolute atomic E-state index is 0.0898. The number of nitrogen functional groups attached to an aromatic ring is 1. The number of anilines is 1. The van der Waals surface area contributed by atoms with Crippen LogP contribution in [-0.4, -0.2) is 16.1 Å². The van der Waals surface area contributed by atoms with Crippen LogP contribution in [0.15, 0.2) is 24.4 Å². The van der Waals surface area contributed by atoms with Crippen molar-refractivity contribution in [2.24, 2.45) is 0 Å². The van der Waals surface area contributed by atoms with Crippen LogP contribution in [0.25, 0.3) is 0 Å². The highest BCUT2D eigenvalue weighted by molar-refractivity contribution is 5.95. The predicted molar refractivity (Wildman–Crippen MR) is 60.5 cm³/mol. The molecule has 1 amide bonds. The Labute approximate surface area is 101 Å². The summed E-state index contributed by atoms with van der Waals surface area (Å²) in [5.41, 5.74) is 4.94. The smallest absolute Gasteiger partial charge is 0.257 e. The minimum Gasteiger partial charge on any atom is -0.396 e. The third kappa shape index (κ3) is 2.29. The maximum Gasteiger partial charge on any atom is 0.257 e. The standard InChI is InChI=1S/C11H10F2N4O/c12-7-1-2-8(14)10(13)9(7)11(18)15-5-6-3-4-16-17-6/h1-4H,5,14H2,(H,15,18)(H,16,17). The summed E-state index contributed by atoms with van der Waals surface area (Å²) < 4.78 is 26.9. The van der Waals surface area contributed by atoms with Gasteiger partial charge in [0.15, 0.2) is 5.82 Å². The van der Waals surface area contributed by atoms with Crippen LogP contribution in [0.2, 0.25) is 0 Å². The number of carbonyl (C=O) groups excluding carboxylic acids is 1. The molecule has 1 heterocycles. The average molecular weight is 252 g/mol. The molecule has 0 spiro atoms. The van der Waals surface area contributed by atoms with Crippen molar-refractivity contribution in [3.63, 3.8) is 0 Å². The van der Waals surface area contributed by atoms with Crippen LogP contribution >= 0.6 is 0 Å². The highest BCUT2D eigenvalue weighted by Gasteiger charge is 2.19. The maximum absolute atomic E-state index is 13.5. The van der Waals surface area contributed by atoms with E-state index in [1.165, 1.54) is 6.20 Å². The summed E-state index contributed by atoms with van der Waals surface area (Å²) in [6, 6.07) is 3.65. The highest BCUT2D eigenvalue weighted by Crippen LogP contribution is 2.18. The van der Waals surface area contributed by atoms with Gasteiger partial charge < -0.3 is 11.1 Å². The summed E-state index contributed by atoms with van der Waals surface area (Å²) in [4.78, 5) is 11.7. The zero-order valence-corrected chi connectivity index (χ0v) is 9.21. The predicted octanol–water partition coefficient (Wildman–Crippen LogP) is 1.20. The van der Waals surface area contributed by atoms with Gasteiger partial charge in [-0.05, 0) is 18.2 Å². The third-order valence-corrected chi connectivity index (χ3v) is 2.35. The van der Waals surface area contributed by atoms with Gasteiger partial charge in [-0.2, -0.15) is 5.10 Å². The molecule has 0 aliphatic rings. The van der Waals surface area contributed by atoms with Gasteiger partial charge in [0, 0.05) is 6.20 Å². The number of carbonyl (C=O) groups is 1. The van der Waals surface area contributed by atoms with Crippen LogP contribution in [0.3, 0.4) is 0 Å². The van der Waals surface area contributed by atoms with Crippen molar-refractivity contribution in [3.8, 4) is 0 Å². The number of aromatic nitrogens is 2. The van der Waals surface area contributed by atoms with Crippen molar-refractivity contribution in [3.05, 3.63) is 47.3 Å². The number of hydrogen-bond donors (Lipinski definition) is 3. The van der Waals surface area contributed by atoms with E-state index >= 15 is 0 Å². The second-order valence-electron chi connectivity index (χ2n) is 3.59. The minimum atomic E-state index is -1.06. The van der Waals surface area contributed by atoms with Crippen LogP contribution in [0.4, 0.5) is 14.5 Å². The summed E-state index contributed by atoms with van der Waals surface area (Å²) >= 11 is 0. The zero-order valence-electron chi connectivity index (χ0n) is 9.21. The topological polar surface area (TPSA) is 83.8 Å². The van der Waals surface area contributed by atoms with Crippen molar-refractivity contribution in [2.75, 3.05) is 5.73 Å². The maximum atomic E-state index is 13.5. The first-order chi connectivity index (χ1) is 8.59. The number of H-pyrrole nitrogens is 1. The summed E-state index contributed by atoms with van der Waals surface area (Å²) in [5.74, 6) is -2.88. The Morgan fingerprint density at radius 2 is 2.17 bits per heavy atom. The van der Waals surface area contributed by atoms with Crippen LogP contribution in [-0.2, 0) is 6.54 Å². The molecule has 0 atom stereocenters. The lowest BCUT2D eigenvalue weighted by Crippen LogP contribution is -2.25. The van der Waals surface area contributed by atoms with Crippen LogP contribution in [0.5, 0.6) is 0 Å². The SMILES string of the molecule is Nc1ccc(F)c(C(=O)NCc2ccn[nH]2)c1F. The number of nitrogens with zero attached hydrogens (tertiary/aromatic N) is 1. The van der Waals surface area contributed by atoms with Gasteiger partial charge in [0.25, 0.3) is 5.91 Å². The van der Waals surface area contributed by atoms with Crippen molar-refractivity contribution in [1.29, 1.82) is 0 Å². The van der Waals surface area contributed by atoms with Gasteiger partial charge in [0.2, 0.25) is 0 Å². The molecule has 1 aromatic heterocycles. The van der Waals surface area contributed by atoms with E-state index < -0.39 is 23.1 Å². The molecule has 1 aromatic carbocycles. The molecule has 18 heavy (non-hydrogen) atoms. The molecule has 0 unspecified atom stereocenters. The lowest BCUT2D eigenvalue weighted by atomic mass is 10.1. The summed E-state index contributed by atoms with van der Waals surface area (Å²) in [5, 5.41) is 8.65. The largest absolute Gasteiger partial charge is 0.396 e. The monoisotopic (exact) mass is 252 g/mol. The van der Waals surface area contributed by atoms with Gasteiger partial charge in [0.05, 0.1) is 17.9 Å². The van der Waals surface area contributed by atoms with Crippen LogP contribution in [0, 0.1) is 11.6 Å². The second kappa shape index (κ2) is 4.82. The van der Waals surface area contributed by atoms with E-state index in [9.17, 15) is 13.6 Å². The van der Waals surface area contributed by atoms with E-state index in [4.69, 9.17) is 5.73 Å². The first kappa shape index (κ1) is 12.0. The second-order valence-corrected chi connectivity index (χ2v) is 3.59. The summed E-state index contributed by atoms with van der Waals surface area (Å²) in [6.45, 7) is 0.0898. The summed E-state index contributed by atoms with van der Waals surface area (Å²) in [7, 11) is 0. The first-order valence-electron chi connectivity index (χ1n) is 5.09. The molecule has 0 bridgehead atoms. The molecule has 2 aromatic rings. The summed E-state index contributed by atoms with van der Waals surface area (Å²) in [6.07, 6.45) is 1.50. The lowest BCUT2D eigenvalue weighted by molar-refractivity contribution is 0.0942. The van der Waals surface area contributed by atoms with E-state index in [0.717, 1.165) is 12.1 Å². The first-order valence-corrected chi connectivity index (χ1v) is 5.09. The molecule has 94 valence electrons. The number of nitrogens with one attached hydrogen (secondary N) is 2. The molecule has 5 nitrogen and oxygen atoms in total. The average Bonchev–Trinajstić information content (AvgIpc) is 2.85. The fraction of sp³-hybridized carbons (Fsp3) is 0.0909. The molecule has 2 rings (SSSR count). The molecule has 4 N–H and O–H groups in total. The molecule has 0 radical (unpaired) electrons. The molecular formula is C11H10F2N4O. The van der Waals surface area contributed by atoms with Gasteiger partial charge in [0.1, 0.15) is 11.4 Å². The number of benzene rings is 1. The fourth-order valence-corrected chi connectivity index (χ4v) is 1.42. The molecule has 0 aliphatic carbocycles. The Bertz CT molecular complexity index is 569. The molecule has 0 fully saturated rings. The highest BCUT2D eigenvalue weighted by atomic mass is 19.1. The van der Waals surface area contributed by atoms with Gasteiger partial charge in [-0.3, -0.25) is 9.89 Å². The van der Waals surface area contributed by atoms with E-state index in [1.54, 1.807) is 6.07 Å². The van der Waals surface area contributed by atoms with Crippen molar-refractivity contribution < 1.29 is 13.6 Å². The Kier molecular flexibility index (Phi) is 3.22. The number of halogens is 2. The molecule has 0 saturated carbocycles. The van der Waals surface area contributed by atoms with Gasteiger partial charge in [-0.15, -0.1) is 0 Å². The van der Waals surface area contributed by atoms with Crippen LogP contribution < -0.4 is 11.1 Å². The molecule has 0 saturated heterocycles. The molecule has 0 aliphatic heterocycles. The zero-order chi connectivity index (χ0) is 13.1. The van der Waals surface area contributed by atoms with Gasteiger partial charge >= 0.3 is 0 Å². The molecule has 7 heteroatoms. The number of nitrogens with two attached hydrogens (primary N) is 1. The van der Waals surface area contributed by atoms with Crippen molar-refractivity contribution >= 4 is 11.6 Å². The number of hydrogen-bond acceptors (Lipinski definition) is 3.